The van der Waals surface area contributed by atoms with Gasteiger partial charge in [0.05, 0.1) is 38.6 Å². The highest BCUT2D eigenvalue weighted by Crippen LogP contribution is 2.71. The lowest BCUT2D eigenvalue weighted by molar-refractivity contribution is -0.331. The van der Waals surface area contributed by atoms with E-state index in [0.717, 1.165) is 51.4 Å². The summed E-state index contributed by atoms with van der Waals surface area (Å²) in [5, 5.41) is 115. The smallest absolute Gasteiger partial charge is 0.186 e. The number of aliphatic hydroxyl groups is 11. The molecule has 0 radical (unpaired) electrons. The Labute approximate surface area is 363 Å². The third-order valence-corrected chi connectivity index (χ3v) is 17.6. The fourth-order valence-corrected chi connectivity index (χ4v) is 13.8. The van der Waals surface area contributed by atoms with Crippen molar-refractivity contribution >= 4 is 0 Å². The highest BCUT2D eigenvalue weighted by atomic mass is 16.7. The topological polar surface area (TPSA) is 287 Å². The van der Waals surface area contributed by atoms with E-state index in [1.807, 2.05) is 6.92 Å². The summed E-state index contributed by atoms with van der Waals surface area (Å²) < 4.78 is 41.2. The van der Waals surface area contributed by atoms with Crippen molar-refractivity contribution < 1.29 is 89.3 Å². The van der Waals surface area contributed by atoms with Crippen LogP contribution in [0.3, 0.4) is 0 Å². The van der Waals surface area contributed by atoms with E-state index in [1.165, 1.54) is 0 Å². The standard InChI is InChI=1S/C44H74O18/c1-19(16-56-40-37(53)34(50)32(48)28(15-45)60-40)7-12-44(55)20(2)30-27(62-44)14-25-23-6-5-21-13-22(8-10-42(21,3)24(23)9-11-43(25,30)4)59-41-38(54)35(51)33(49)29(61-41)18-58-39-36(52)31(47)26(46)17-57-39/h19-41,45-55H,5-18H2,1-4H3/t19-,20+,21-,22+,23-,24+,25-,26-,27+,28-,29-,30+,31+,32-,33-,34+,35+,36-,37-,38-,39+,40-,41-,42+,43+,44+/m1/s1. The molecule has 4 aliphatic carbocycles. The Balaban J connectivity index is 0.833. The molecular formula is C44H74O18. The maximum Gasteiger partial charge on any atom is 0.186 e. The minimum Gasteiger partial charge on any atom is -0.394 e. The molecule has 4 aliphatic heterocycles. The summed E-state index contributed by atoms with van der Waals surface area (Å²) in [6, 6.07) is 0. The molecule has 0 spiro atoms. The first kappa shape index (κ1) is 47.8. The van der Waals surface area contributed by atoms with Crippen molar-refractivity contribution in [3.63, 3.8) is 0 Å². The molecule has 4 saturated heterocycles. The van der Waals surface area contributed by atoms with Crippen molar-refractivity contribution in [2.75, 3.05) is 26.4 Å². The lowest BCUT2D eigenvalue weighted by Crippen LogP contribution is -2.61. The van der Waals surface area contributed by atoms with Gasteiger partial charge < -0.3 is 89.3 Å². The van der Waals surface area contributed by atoms with Gasteiger partial charge in [-0.1, -0.05) is 27.7 Å². The van der Waals surface area contributed by atoms with Crippen molar-refractivity contribution in [3.05, 3.63) is 0 Å². The number of hydrogen-bond acceptors (Lipinski definition) is 18. The molecule has 0 aromatic heterocycles. The van der Waals surface area contributed by atoms with Crippen LogP contribution in [0, 0.1) is 52.3 Å². The van der Waals surface area contributed by atoms with Gasteiger partial charge in [0, 0.05) is 12.3 Å². The van der Waals surface area contributed by atoms with Crippen LogP contribution >= 0.6 is 0 Å². The quantitative estimate of drug-likeness (QED) is 0.103. The molecule has 8 fully saturated rings. The van der Waals surface area contributed by atoms with Gasteiger partial charge in [-0.3, -0.25) is 0 Å². The van der Waals surface area contributed by atoms with Crippen LogP contribution in [0.2, 0.25) is 0 Å². The van der Waals surface area contributed by atoms with Crippen molar-refractivity contribution in [1.29, 1.82) is 0 Å². The third-order valence-electron chi connectivity index (χ3n) is 17.6. The molecule has 18 heteroatoms. The van der Waals surface area contributed by atoms with Gasteiger partial charge in [-0.15, -0.1) is 0 Å². The van der Waals surface area contributed by atoms with Crippen LogP contribution in [0.15, 0.2) is 0 Å². The van der Waals surface area contributed by atoms with Gasteiger partial charge in [0.15, 0.2) is 24.7 Å². The van der Waals surface area contributed by atoms with Crippen LogP contribution in [0.25, 0.3) is 0 Å². The van der Waals surface area contributed by atoms with Crippen LogP contribution in [-0.4, -0.2) is 187 Å². The first-order valence-corrected chi connectivity index (χ1v) is 23.3. The summed E-state index contributed by atoms with van der Waals surface area (Å²) in [6.07, 6.45) is -10.7. The number of aliphatic hydroxyl groups excluding tert-OH is 10. The first-order chi connectivity index (χ1) is 29.3. The van der Waals surface area contributed by atoms with Gasteiger partial charge in [0.1, 0.15) is 67.1 Å². The monoisotopic (exact) mass is 890 g/mol. The Kier molecular flexibility index (Phi) is 14.2. The molecule has 358 valence electrons. The lowest BCUT2D eigenvalue weighted by atomic mass is 9.44. The number of rotatable bonds is 12. The molecule has 0 unspecified atom stereocenters. The van der Waals surface area contributed by atoms with Gasteiger partial charge in [0.25, 0.3) is 0 Å². The molecule has 0 bridgehead atoms. The molecule has 62 heavy (non-hydrogen) atoms. The molecule has 8 rings (SSSR count). The maximum absolute atomic E-state index is 12.0. The van der Waals surface area contributed by atoms with Crippen LogP contribution in [0.5, 0.6) is 0 Å². The largest absolute Gasteiger partial charge is 0.394 e. The SMILES string of the molecule is C[C@H](CC[C@]1(O)O[C@H]2C[C@@H]3[C@@H]4CC[C@@H]5C[C@@H](O[C@@H]6O[C@H](CO[C@@H]7OC[C@@H](O)[C@H](O)[C@H]7O)[C@@H](O)[C@H](O)[C@H]6O)CC[C@]5(C)[C@H]4CC[C@]3(C)[C@H]2[C@@H]1C)CO[C@@H]1O[C@H](CO)[C@@H](O)[C@H](O)[C@H]1O. The Morgan fingerprint density at radius 1 is 0.694 bits per heavy atom. The van der Waals surface area contributed by atoms with Crippen LogP contribution in [-0.2, 0) is 33.2 Å². The Morgan fingerprint density at radius 3 is 2.08 bits per heavy atom. The molecule has 11 N–H and O–H groups in total. The summed E-state index contributed by atoms with van der Waals surface area (Å²) in [6.45, 7) is 8.04. The first-order valence-electron chi connectivity index (χ1n) is 23.3. The average molecular weight is 891 g/mol. The summed E-state index contributed by atoms with van der Waals surface area (Å²) in [5.74, 6) is 0.766. The summed E-state index contributed by atoms with van der Waals surface area (Å²) >= 11 is 0. The summed E-state index contributed by atoms with van der Waals surface area (Å²) in [7, 11) is 0. The minimum atomic E-state index is -1.57. The highest BCUT2D eigenvalue weighted by molar-refractivity contribution is 5.15. The molecular weight excluding hydrogens is 816 g/mol. The zero-order valence-electron chi connectivity index (χ0n) is 36.5. The number of hydrogen-bond donors (Lipinski definition) is 11. The molecule has 4 heterocycles. The van der Waals surface area contributed by atoms with Gasteiger partial charge >= 0.3 is 0 Å². The van der Waals surface area contributed by atoms with Crippen molar-refractivity contribution in [2.24, 2.45) is 52.3 Å². The van der Waals surface area contributed by atoms with Crippen molar-refractivity contribution in [3.8, 4) is 0 Å². The van der Waals surface area contributed by atoms with E-state index in [2.05, 4.69) is 20.8 Å². The van der Waals surface area contributed by atoms with Crippen LogP contribution in [0.4, 0.5) is 0 Å². The summed E-state index contributed by atoms with van der Waals surface area (Å²) in [5.41, 5.74) is 0.124. The molecule has 8 aliphatic rings. The Bertz CT molecular complexity index is 1510. The molecule has 18 nitrogen and oxygen atoms in total. The molecule has 0 amide bonds. The zero-order valence-corrected chi connectivity index (χ0v) is 36.5. The maximum atomic E-state index is 12.0. The average Bonchev–Trinajstić information content (AvgIpc) is 3.69. The van der Waals surface area contributed by atoms with Crippen LogP contribution in [0.1, 0.15) is 91.9 Å². The fraction of sp³-hybridized carbons (Fsp3) is 1.00. The van der Waals surface area contributed by atoms with E-state index < -0.39 is 98.4 Å². The van der Waals surface area contributed by atoms with Gasteiger partial charge in [-0.2, -0.15) is 0 Å². The second kappa shape index (κ2) is 18.4. The normalized spacial score (nSPS) is 55.8. The zero-order chi connectivity index (χ0) is 44.6. The molecule has 4 saturated carbocycles. The van der Waals surface area contributed by atoms with Gasteiger partial charge in [-0.25, -0.2) is 0 Å². The molecule has 26 atom stereocenters. The number of fused-ring (bicyclic) bond motifs is 7. The second-order valence-corrected chi connectivity index (χ2v) is 21.1. The fourth-order valence-electron chi connectivity index (χ4n) is 13.8. The van der Waals surface area contributed by atoms with E-state index in [1.54, 1.807) is 0 Å². The van der Waals surface area contributed by atoms with Crippen molar-refractivity contribution in [2.45, 2.75) is 196 Å². The molecule has 0 aromatic carbocycles. The summed E-state index contributed by atoms with van der Waals surface area (Å²) in [4.78, 5) is 0. The van der Waals surface area contributed by atoms with E-state index in [0.29, 0.717) is 36.5 Å². The predicted octanol–water partition coefficient (Wildman–Crippen LogP) is -1.14. The predicted molar refractivity (Wildman–Crippen MR) is 213 cm³/mol. The van der Waals surface area contributed by atoms with Crippen LogP contribution < -0.4 is 0 Å². The Morgan fingerprint density at radius 2 is 1.35 bits per heavy atom. The van der Waals surface area contributed by atoms with E-state index in [-0.39, 0.29) is 60.6 Å². The van der Waals surface area contributed by atoms with E-state index >= 15 is 0 Å². The lowest BCUT2D eigenvalue weighted by Gasteiger charge is -2.61. The highest BCUT2D eigenvalue weighted by Gasteiger charge is 2.68. The van der Waals surface area contributed by atoms with E-state index in [9.17, 15) is 56.2 Å². The number of ether oxygens (including phenoxy) is 7. The Hall–Kier alpha value is -0.720. The minimum absolute atomic E-state index is 0.0272. The van der Waals surface area contributed by atoms with Gasteiger partial charge in [-0.05, 0) is 104 Å². The van der Waals surface area contributed by atoms with Crippen molar-refractivity contribution in [1.82, 2.24) is 0 Å². The third kappa shape index (κ3) is 8.46. The van der Waals surface area contributed by atoms with E-state index in [4.69, 9.17) is 33.2 Å². The molecule has 0 aromatic rings. The second-order valence-electron chi connectivity index (χ2n) is 21.1. The van der Waals surface area contributed by atoms with Gasteiger partial charge in [0.2, 0.25) is 0 Å².